The van der Waals surface area contributed by atoms with E-state index in [9.17, 15) is 19.5 Å². The van der Waals surface area contributed by atoms with Gasteiger partial charge in [0.15, 0.2) is 5.75 Å². The Kier molecular flexibility index (Phi) is 6.67. The van der Waals surface area contributed by atoms with Gasteiger partial charge in [0.25, 0.3) is 0 Å². The van der Waals surface area contributed by atoms with Gasteiger partial charge in [-0.3, -0.25) is 4.79 Å². The van der Waals surface area contributed by atoms with Gasteiger partial charge in [-0.15, -0.1) is 0 Å². The second-order valence-corrected chi connectivity index (χ2v) is 7.36. The van der Waals surface area contributed by atoms with Gasteiger partial charge in [-0.1, -0.05) is 12.1 Å². The van der Waals surface area contributed by atoms with Crippen LogP contribution in [-0.4, -0.2) is 29.6 Å². The number of ether oxygens (including phenoxy) is 4. The minimum Gasteiger partial charge on any atom is -0.508 e. The van der Waals surface area contributed by atoms with E-state index in [4.69, 9.17) is 23.4 Å². The Morgan fingerprint density at radius 3 is 2.09 bits per heavy atom. The lowest BCUT2D eigenvalue weighted by molar-refractivity contribution is 0.0723. The highest BCUT2D eigenvalue weighted by molar-refractivity contribution is 5.90. The van der Waals surface area contributed by atoms with Crippen LogP contribution in [0.1, 0.15) is 27.7 Å². The topological polar surface area (TPSA) is 122 Å². The number of rotatable bonds is 5. The summed E-state index contributed by atoms with van der Waals surface area (Å²) in [6, 6.07) is 8.44. The average Bonchev–Trinajstić information content (AvgIpc) is 2.67. The van der Waals surface area contributed by atoms with Crippen LogP contribution in [0.2, 0.25) is 0 Å². The van der Waals surface area contributed by atoms with Crippen molar-refractivity contribution in [3.05, 3.63) is 52.9 Å². The van der Waals surface area contributed by atoms with Crippen LogP contribution in [0.4, 0.5) is 9.59 Å². The van der Waals surface area contributed by atoms with Crippen molar-refractivity contribution in [3.63, 3.8) is 0 Å². The predicted octanol–water partition coefficient (Wildman–Crippen LogP) is 5.01. The van der Waals surface area contributed by atoms with Gasteiger partial charge in [-0.25, -0.2) is 9.59 Å². The molecule has 0 aliphatic heterocycles. The number of benzene rings is 2. The lowest BCUT2D eigenvalue weighted by Crippen LogP contribution is -2.18. The van der Waals surface area contributed by atoms with Crippen LogP contribution in [0.5, 0.6) is 17.2 Å². The van der Waals surface area contributed by atoms with E-state index in [1.54, 1.807) is 39.8 Å². The molecule has 2 aromatic carbocycles. The molecule has 0 atom stereocenters. The molecule has 3 aromatic rings. The molecule has 1 heterocycles. The van der Waals surface area contributed by atoms with E-state index in [1.807, 2.05) is 0 Å². The third kappa shape index (κ3) is 5.37. The van der Waals surface area contributed by atoms with Crippen LogP contribution in [0.15, 0.2) is 51.9 Å². The summed E-state index contributed by atoms with van der Waals surface area (Å²) in [4.78, 5) is 37.2. The zero-order valence-electron chi connectivity index (χ0n) is 17.9. The van der Waals surface area contributed by atoms with Crippen LogP contribution < -0.4 is 14.9 Å². The number of carbonyl (C=O) groups is 2. The smallest absolute Gasteiger partial charge is 0.508 e. The van der Waals surface area contributed by atoms with Crippen molar-refractivity contribution in [2.75, 3.05) is 0 Å². The van der Waals surface area contributed by atoms with Crippen LogP contribution in [-0.2, 0) is 9.47 Å². The third-order valence-electron chi connectivity index (χ3n) is 4.05. The standard InChI is InChI=1S/C23H22O9/c1-12(2)29-22(26)31-16-9-18-20(19(10-16)32-23(27)30-13(3)4)21(25)17(11-28-18)14-5-7-15(24)8-6-14/h5-13,24H,1-4H3. The summed E-state index contributed by atoms with van der Waals surface area (Å²) in [7, 11) is 0. The highest BCUT2D eigenvalue weighted by Gasteiger charge is 2.20. The Morgan fingerprint density at radius 2 is 1.50 bits per heavy atom. The first kappa shape index (κ1) is 22.7. The van der Waals surface area contributed by atoms with Crippen molar-refractivity contribution < 1.29 is 38.1 Å². The van der Waals surface area contributed by atoms with E-state index in [0.29, 0.717) is 5.56 Å². The number of fused-ring (bicyclic) bond motifs is 1. The van der Waals surface area contributed by atoms with Crippen molar-refractivity contribution in [1.29, 1.82) is 0 Å². The fourth-order valence-corrected chi connectivity index (χ4v) is 2.79. The van der Waals surface area contributed by atoms with Crippen LogP contribution >= 0.6 is 0 Å². The largest absolute Gasteiger partial charge is 0.514 e. The summed E-state index contributed by atoms with van der Waals surface area (Å²) in [6.45, 7) is 6.58. The summed E-state index contributed by atoms with van der Waals surface area (Å²) in [5, 5.41) is 9.44. The normalized spacial score (nSPS) is 10.9. The molecule has 0 aliphatic carbocycles. The fraction of sp³-hybridized carbons (Fsp3) is 0.261. The SMILES string of the molecule is CC(C)OC(=O)Oc1cc(OC(=O)OC(C)C)c2c(=O)c(-c3ccc(O)cc3)coc2c1. The zero-order chi connectivity index (χ0) is 23.4. The van der Waals surface area contributed by atoms with Gasteiger partial charge in [0.2, 0.25) is 5.43 Å². The Balaban J connectivity index is 2.11. The maximum Gasteiger partial charge on any atom is 0.514 e. The maximum atomic E-state index is 13.2. The molecule has 1 N–H and O–H groups in total. The first-order chi connectivity index (χ1) is 15.1. The van der Waals surface area contributed by atoms with Crippen molar-refractivity contribution in [1.82, 2.24) is 0 Å². The zero-order valence-corrected chi connectivity index (χ0v) is 17.9. The second kappa shape index (κ2) is 9.42. The molecule has 0 aliphatic rings. The van der Waals surface area contributed by atoms with Crippen molar-refractivity contribution in [2.45, 2.75) is 39.9 Å². The molecule has 9 heteroatoms. The van der Waals surface area contributed by atoms with Gasteiger partial charge in [-0.2, -0.15) is 0 Å². The molecule has 0 spiro atoms. The minimum atomic E-state index is -1.04. The van der Waals surface area contributed by atoms with Gasteiger partial charge in [0, 0.05) is 12.1 Å². The molecule has 0 saturated heterocycles. The number of phenols is 1. The average molecular weight is 442 g/mol. The molecule has 0 amide bonds. The summed E-state index contributed by atoms with van der Waals surface area (Å²) in [5.41, 5.74) is 0.169. The minimum absolute atomic E-state index is 0.0136. The molecule has 3 rings (SSSR count). The maximum absolute atomic E-state index is 13.2. The molecule has 0 unspecified atom stereocenters. The van der Waals surface area contributed by atoms with Crippen molar-refractivity contribution >= 4 is 23.3 Å². The van der Waals surface area contributed by atoms with E-state index >= 15 is 0 Å². The molecule has 0 radical (unpaired) electrons. The first-order valence-corrected chi connectivity index (χ1v) is 9.80. The van der Waals surface area contributed by atoms with E-state index in [0.717, 1.165) is 0 Å². The third-order valence-corrected chi connectivity index (χ3v) is 4.05. The lowest BCUT2D eigenvalue weighted by Gasteiger charge is -2.13. The van der Waals surface area contributed by atoms with E-state index in [1.165, 1.54) is 30.5 Å². The van der Waals surface area contributed by atoms with Gasteiger partial charge in [-0.05, 0) is 45.4 Å². The molecule has 0 bridgehead atoms. The molecular weight excluding hydrogens is 420 g/mol. The number of hydrogen-bond donors (Lipinski definition) is 1. The predicted molar refractivity (Wildman–Crippen MR) is 114 cm³/mol. The monoisotopic (exact) mass is 442 g/mol. The van der Waals surface area contributed by atoms with E-state index in [2.05, 4.69) is 0 Å². The van der Waals surface area contributed by atoms with Crippen LogP contribution in [0, 0.1) is 0 Å². The quantitative estimate of drug-likeness (QED) is 0.429. The molecule has 168 valence electrons. The summed E-state index contributed by atoms with van der Waals surface area (Å²) in [6.07, 6.45) is -1.66. The highest BCUT2D eigenvalue weighted by Crippen LogP contribution is 2.32. The van der Waals surface area contributed by atoms with E-state index < -0.39 is 29.9 Å². The molecule has 32 heavy (non-hydrogen) atoms. The van der Waals surface area contributed by atoms with Gasteiger partial charge >= 0.3 is 12.3 Å². The number of hydrogen-bond acceptors (Lipinski definition) is 9. The van der Waals surface area contributed by atoms with Crippen LogP contribution in [0.25, 0.3) is 22.1 Å². The number of carbonyl (C=O) groups excluding carboxylic acids is 2. The van der Waals surface area contributed by atoms with Crippen LogP contribution in [0.3, 0.4) is 0 Å². The van der Waals surface area contributed by atoms with Gasteiger partial charge in [0.05, 0.1) is 17.8 Å². The second-order valence-electron chi connectivity index (χ2n) is 7.36. The Labute approximate surface area is 183 Å². The molecule has 0 saturated carbocycles. The Morgan fingerprint density at radius 1 is 0.906 bits per heavy atom. The lowest BCUT2D eigenvalue weighted by atomic mass is 10.0. The van der Waals surface area contributed by atoms with Crippen molar-refractivity contribution in [3.8, 4) is 28.4 Å². The van der Waals surface area contributed by atoms with Gasteiger partial charge in [0.1, 0.15) is 28.7 Å². The highest BCUT2D eigenvalue weighted by atomic mass is 16.7. The molecule has 9 nitrogen and oxygen atoms in total. The first-order valence-electron chi connectivity index (χ1n) is 9.80. The van der Waals surface area contributed by atoms with Crippen molar-refractivity contribution in [2.24, 2.45) is 0 Å². The summed E-state index contributed by atoms with van der Waals surface area (Å²) in [5.74, 6) is -0.236. The molecular formula is C23H22O9. The number of aromatic hydroxyl groups is 1. The fourth-order valence-electron chi connectivity index (χ4n) is 2.79. The van der Waals surface area contributed by atoms with Gasteiger partial charge < -0.3 is 28.5 Å². The Bertz CT molecular complexity index is 1190. The number of phenolic OH excluding ortho intramolecular Hbond substituents is 1. The summed E-state index contributed by atoms with van der Waals surface area (Å²) >= 11 is 0. The molecule has 1 aromatic heterocycles. The van der Waals surface area contributed by atoms with E-state index in [-0.39, 0.29) is 33.8 Å². The molecule has 0 fully saturated rings. The summed E-state index contributed by atoms with van der Waals surface area (Å²) < 4.78 is 25.9. The Hall–Kier alpha value is -4.01.